The van der Waals surface area contributed by atoms with E-state index in [2.05, 4.69) is 4.72 Å². The Morgan fingerprint density at radius 2 is 1.83 bits per heavy atom. The third kappa shape index (κ3) is 3.56. The number of sulfonamides is 1. The van der Waals surface area contributed by atoms with Gasteiger partial charge in [0.25, 0.3) is 0 Å². The molecular formula is C13H18N2O2S. The van der Waals surface area contributed by atoms with Gasteiger partial charge in [-0.3, -0.25) is 0 Å². The van der Waals surface area contributed by atoms with Crippen LogP contribution < -0.4 is 4.72 Å². The third-order valence-corrected chi connectivity index (χ3v) is 4.35. The summed E-state index contributed by atoms with van der Waals surface area (Å²) in [4.78, 5) is 0.195. The summed E-state index contributed by atoms with van der Waals surface area (Å²) in [6.45, 7) is 5.91. The molecule has 1 N–H and O–H groups in total. The van der Waals surface area contributed by atoms with Crippen molar-refractivity contribution < 1.29 is 8.42 Å². The molecule has 1 aromatic carbocycles. The molecule has 0 radical (unpaired) electrons. The Hall–Kier alpha value is -1.38. The van der Waals surface area contributed by atoms with Crippen molar-refractivity contribution >= 4 is 10.0 Å². The Balaban J connectivity index is 2.96. The van der Waals surface area contributed by atoms with Gasteiger partial charge in [0, 0.05) is 6.04 Å². The molecule has 0 aromatic heterocycles. The van der Waals surface area contributed by atoms with Crippen molar-refractivity contribution in [3.63, 3.8) is 0 Å². The zero-order valence-corrected chi connectivity index (χ0v) is 11.7. The SMILES string of the molecule is CCC(NS(=O)(=O)c1ccc(C#N)cc1)C(C)C. The van der Waals surface area contributed by atoms with Gasteiger partial charge in [-0.05, 0) is 36.6 Å². The molecule has 1 aromatic rings. The number of nitrogens with zero attached hydrogens (tertiary/aromatic N) is 1. The molecule has 0 saturated heterocycles. The number of nitriles is 1. The van der Waals surface area contributed by atoms with E-state index in [1.807, 2.05) is 26.8 Å². The number of rotatable bonds is 5. The fourth-order valence-corrected chi connectivity index (χ4v) is 3.13. The Morgan fingerprint density at radius 1 is 1.28 bits per heavy atom. The van der Waals surface area contributed by atoms with Gasteiger partial charge < -0.3 is 0 Å². The van der Waals surface area contributed by atoms with E-state index in [1.54, 1.807) is 0 Å². The van der Waals surface area contributed by atoms with Gasteiger partial charge in [0.2, 0.25) is 10.0 Å². The molecule has 1 atom stereocenters. The fourth-order valence-electron chi connectivity index (χ4n) is 1.67. The first-order chi connectivity index (χ1) is 8.40. The average molecular weight is 266 g/mol. The zero-order valence-electron chi connectivity index (χ0n) is 10.8. The predicted octanol–water partition coefficient (Wildman–Crippen LogP) is 2.27. The molecule has 4 nitrogen and oxygen atoms in total. The summed E-state index contributed by atoms with van der Waals surface area (Å²) in [6.07, 6.45) is 0.743. The van der Waals surface area contributed by atoms with E-state index in [-0.39, 0.29) is 16.9 Å². The Labute approximate surface area is 109 Å². The van der Waals surface area contributed by atoms with Gasteiger partial charge in [-0.15, -0.1) is 0 Å². The maximum absolute atomic E-state index is 12.1. The van der Waals surface area contributed by atoms with Crippen molar-refractivity contribution in [2.24, 2.45) is 5.92 Å². The van der Waals surface area contributed by atoms with Crippen LogP contribution >= 0.6 is 0 Å². The highest BCUT2D eigenvalue weighted by Gasteiger charge is 2.20. The highest BCUT2D eigenvalue weighted by molar-refractivity contribution is 7.89. The van der Waals surface area contributed by atoms with Crippen LogP contribution in [0.5, 0.6) is 0 Å². The summed E-state index contributed by atoms with van der Waals surface area (Å²) in [5.41, 5.74) is 0.449. The molecule has 18 heavy (non-hydrogen) atoms. The van der Waals surface area contributed by atoms with E-state index in [4.69, 9.17) is 5.26 Å². The van der Waals surface area contributed by atoms with Crippen molar-refractivity contribution in [2.75, 3.05) is 0 Å². The lowest BCUT2D eigenvalue weighted by atomic mass is 10.0. The van der Waals surface area contributed by atoms with Crippen molar-refractivity contribution in [1.29, 1.82) is 5.26 Å². The molecule has 0 amide bonds. The molecule has 0 spiro atoms. The molecule has 0 aliphatic rings. The molecule has 1 unspecified atom stereocenters. The van der Waals surface area contributed by atoms with Crippen LogP contribution in [-0.4, -0.2) is 14.5 Å². The standard InChI is InChI=1S/C13H18N2O2S/c1-4-13(10(2)3)15-18(16,17)12-7-5-11(9-14)6-8-12/h5-8,10,13,15H,4H2,1-3H3. The van der Waals surface area contributed by atoms with Crippen LogP contribution in [0.25, 0.3) is 0 Å². The lowest BCUT2D eigenvalue weighted by Gasteiger charge is -2.20. The van der Waals surface area contributed by atoms with Crippen LogP contribution in [0, 0.1) is 17.2 Å². The minimum absolute atomic E-state index is 0.0781. The second-order valence-corrected chi connectivity index (χ2v) is 6.23. The minimum atomic E-state index is -3.50. The van der Waals surface area contributed by atoms with E-state index >= 15 is 0 Å². The molecule has 1 rings (SSSR count). The summed E-state index contributed by atoms with van der Waals surface area (Å²) in [5.74, 6) is 0.239. The minimum Gasteiger partial charge on any atom is -0.208 e. The molecule has 0 fully saturated rings. The summed E-state index contributed by atoms with van der Waals surface area (Å²) in [5, 5.41) is 8.67. The van der Waals surface area contributed by atoms with Crippen molar-refractivity contribution in [3.05, 3.63) is 29.8 Å². The maximum Gasteiger partial charge on any atom is 0.240 e. The van der Waals surface area contributed by atoms with Gasteiger partial charge in [-0.2, -0.15) is 5.26 Å². The molecule has 0 bridgehead atoms. The lowest BCUT2D eigenvalue weighted by Crippen LogP contribution is -2.37. The summed E-state index contributed by atoms with van der Waals surface area (Å²) in [6, 6.07) is 7.80. The Kier molecular flexibility index (Phi) is 4.88. The van der Waals surface area contributed by atoms with Gasteiger partial charge in [-0.25, -0.2) is 13.1 Å². The first kappa shape index (κ1) is 14.7. The average Bonchev–Trinajstić information content (AvgIpc) is 2.35. The van der Waals surface area contributed by atoms with Gasteiger partial charge in [0.15, 0.2) is 0 Å². The van der Waals surface area contributed by atoms with Crippen LogP contribution in [0.1, 0.15) is 32.8 Å². The molecule has 5 heteroatoms. The van der Waals surface area contributed by atoms with E-state index < -0.39 is 10.0 Å². The van der Waals surface area contributed by atoms with Gasteiger partial charge in [-0.1, -0.05) is 20.8 Å². The molecule has 0 saturated carbocycles. The van der Waals surface area contributed by atoms with E-state index in [0.717, 1.165) is 6.42 Å². The first-order valence-electron chi connectivity index (χ1n) is 5.93. The number of nitrogens with one attached hydrogen (secondary N) is 1. The first-order valence-corrected chi connectivity index (χ1v) is 7.41. The van der Waals surface area contributed by atoms with Gasteiger partial charge in [0.05, 0.1) is 16.5 Å². The monoisotopic (exact) mass is 266 g/mol. The second-order valence-electron chi connectivity index (χ2n) is 4.52. The molecule has 0 aliphatic heterocycles. The highest BCUT2D eigenvalue weighted by Crippen LogP contribution is 2.14. The van der Waals surface area contributed by atoms with Crippen molar-refractivity contribution in [3.8, 4) is 6.07 Å². The normalized spacial score (nSPS) is 13.3. The fraction of sp³-hybridized carbons (Fsp3) is 0.462. The van der Waals surface area contributed by atoms with E-state index in [1.165, 1.54) is 24.3 Å². The second kappa shape index (κ2) is 5.98. The number of hydrogen-bond donors (Lipinski definition) is 1. The van der Waals surface area contributed by atoms with Gasteiger partial charge in [0.1, 0.15) is 0 Å². The van der Waals surface area contributed by atoms with E-state index in [0.29, 0.717) is 5.56 Å². The highest BCUT2D eigenvalue weighted by atomic mass is 32.2. The smallest absolute Gasteiger partial charge is 0.208 e. The number of hydrogen-bond acceptors (Lipinski definition) is 3. The van der Waals surface area contributed by atoms with E-state index in [9.17, 15) is 8.42 Å². The zero-order chi connectivity index (χ0) is 13.8. The molecular weight excluding hydrogens is 248 g/mol. The quantitative estimate of drug-likeness (QED) is 0.888. The van der Waals surface area contributed by atoms with Crippen LogP contribution in [-0.2, 0) is 10.0 Å². The third-order valence-electron chi connectivity index (χ3n) is 2.84. The summed E-state index contributed by atoms with van der Waals surface area (Å²) >= 11 is 0. The largest absolute Gasteiger partial charge is 0.240 e. The summed E-state index contributed by atoms with van der Waals surface area (Å²) in [7, 11) is -3.50. The Bertz CT molecular complexity index is 527. The topological polar surface area (TPSA) is 70.0 Å². The molecule has 0 aliphatic carbocycles. The van der Waals surface area contributed by atoms with Crippen LogP contribution in [0.15, 0.2) is 29.2 Å². The summed E-state index contributed by atoms with van der Waals surface area (Å²) < 4.78 is 26.9. The Morgan fingerprint density at radius 3 is 2.22 bits per heavy atom. The maximum atomic E-state index is 12.1. The van der Waals surface area contributed by atoms with Crippen LogP contribution in [0.2, 0.25) is 0 Å². The van der Waals surface area contributed by atoms with Crippen molar-refractivity contribution in [1.82, 2.24) is 4.72 Å². The lowest BCUT2D eigenvalue weighted by molar-refractivity contribution is 0.437. The molecule has 98 valence electrons. The van der Waals surface area contributed by atoms with Crippen molar-refractivity contribution in [2.45, 2.75) is 38.1 Å². The predicted molar refractivity (Wildman–Crippen MR) is 70.4 cm³/mol. The van der Waals surface area contributed by atoms with Gasteiger partial charge >= 0.3 is 0 Å². The number of benzene rings is 1. The van der Waals surface area contributed by atoms with Crippen LogP contribution in [0.3, 0.4) is 0 Å². The molecule has 0 heterocycles. The van der Waals surface area contributed by atoms with Crippen LogP contribution in [0.4, 0.5) is 0 Å².